The van der Waals surface area contributed by atoms with E-state index in [4.69, 9.17) is 4.42 Å². The number of benzene rings is 1. The lowest BCUT2D eigenvalue weighted by molar-refractivity contribution is -0.117. The molecular weight excluding hydrogens is 230 g/mol. The van der Waals surface area contributed by atoms with Gasteiger partial charge in [0.2, 0.25) is 5.91 Å². The summed E-state index contributed by atoms with van der Waals surface area (Å²) in [6, 6.07) is 7.20. The molecule has 2 N–H and O–H groups in total. The van der Waals surface area contributed by atoms with Crippen LogP contribution >= 0.6 is 0 Å². The number of oxazole rings is 1. The largest absolute Gasteiger partial charge is 0.444 e. The van der Waals surface area contributed by atoms with Gasteiger partial charge in [-0.3, -0.25) is 4.79 Å². The SMILES string of the molecule is CNC(C)C(=O)Nc1cccc(-c2cnco2)c1. The summed E-state index contributed by atoms with van der Waals surface area (Å²) >= 11 is 0. The summed E-state index contributed by atoms with van der Waals surface area (Å²) in [5.74, 6) is 0.597. The molecule has 5 heteroatoms. The van der Waals surface area contributed by atoms with Crippen molar-refractivity contribution in [3.05, 3.63) is 36.9 Å². The molecule has 1 atom stereocenters. The number of carbonyl (C=O) groups is 1. The van der Waals surface area contributed by atoms with Gasteiger partial charge in [-0.15, -0.1) is 0 Å². The van der Waals surface area contributed by atoms with Gasteiger partial charge in [0.05, 0.1) is 12.2 Å². The average molecular weight is 245 g/mol. The Hall–Kier alpha value is -2.14. The molecule has 0 saturated heterocycles. The molecule has 0 spiro atoms. The van der Waals surface area contributed by atoms with Crippen LogP contribution in [-0.4, -0.2) is 24.0 Å². The van der Waals surface area contributed by atoms with Gasteiger partial charge in [0, 0.05) is 11.3 Å². The summed E-state index contributed by atoms with van der Waals surface area (Å²) in [6.45, 7) is 1.80. The van der Waals surface area contributed by atoms with Crippen LogP contribution < -0.4 is 10.6 Å². The quantitative estimate of drug-likeness (QED) is 0.863. The summed E-state index contributed by atoms with van der Waals surface area (Å²) in [5.41, 5.74) is 1.61. The highest BCUT2D eigenvalue weighted by molar-refractivity contribution is 5.95. The van der Waals surface area contributed by atoms with Gasteiger partial charge in [-0.25, -0.2) is 4.98 Å². The number of likely N-dealkylation sites (N-methyl/N-ethyl adjacent to an activating group) is 1. The molecule has 0 saturated carbocycles. The molecule has 2 rings (SSSR count). The highest BCUT2D eigenvalue weighted by Crippen LogP contribution is 2.21. The molecule has 1 aromatic heterocycles. The lowest BCUT2D eigenvalue weighted by atomic mass is 10.1. The Balaban J connectivity index is 2.16. The van der Waals surface area contributed by atoms with Crippen LogP contribution in [0, 0.1) is 0 Å². The van der Waals surface area contributed by atoms with Gasteiger partial charge < -0.3 is 15.1 Å². The van der Waals surface area contributed by atoms with Crippen LogP contribution in [0.1, 0.15) is 6.92 Å². The van der Waals surface area contributed by atoms with Gasteiger partial charge in [0.25, 0.3) is 0 Å². The highest BCUT2D eigenvalue weighted by atomic mass is 16.3. The second kappa shape index (κ2) is 5.46. The first-order valence-corrected chi connectivity index (χ1v) is 5.68. The summed E-state index contributed by atoms with van der Waals surface area (Å²) in [6.07, 6.45) is 3.01. The van der Waals surface area contributed by atoms with Crippen LogP contribution in [0.3, 0.4) is 0 Å². The lowest BCUT2D eigenvalue weighted by Crippen LogP contribution is -2.35. The van der Waals surface area contributed by atoms with E-state index in [0.717, 1.165) is 11.3 Å². The van der Waals surface area contributed by atoms with Crippen molar-refractivity contribution < 1.29 is 9.21 Å². The number of nitrogens with one attached hydrogen (secondary N) is 2. The third-order valence-electron chi connectivity index (χ3n) is 2.67. The van der Waals surface area contributed by atoms with Crippen LogP contribution in [0.4, 0.5) is 5.69 Å². The number of anilines is 1. The van der Waals surface area contributed by atoms with Crippen molar-refractivity contribution in [1.29, 1.82) is 0 Å². The fraction of sp³-hybridized carbons (Fsp3) is 0.231. The zero-order valence-electron chi connectivity index (χ0n) is 10.3. The smallest absolute Gasteiger partial charge is 0.241 e. The number of hydrogen-bond acceptors (Lipinski definition) is 4. The first-order chi connectivity index (χ1) is 8.70. The van der Waals surface area contributed by atoms with Crippen LogP contribution in [0.15, 0.2) is 41.3 Å². The minimum atomic E-state index is -0.237. The molecule has 0 aliphatic rings. The Kier molecular flexibility index (Phi) is 3.74. The van der Waals surface area contributed by atoms with Crippen molar-refractivity contribution >= 4 is 11.6 Å². The molecule has 5 nitrogen and oxygen atoms in total. The van der Waals surface area contributed by atoms with Crippen molar-refractivity contribution in [2.24, 2.45) is 0 Å². The van der Waals surface area contributed by atoms with Crippen LogP contribution in [0.25, 0.3) is 11.3 Å². The molecular formula is C13H15N3O2. The number of amides is 1. The van der Waals surface area contributed by atoms with E-state index in [1.54, 1.807) is 20.2 Å². The first-order valence-electron chi connectivity index (χ1n) is 5.68. The molecule has 1 amide bonds. The van der Waals surface area contributed by atoms with E-state index in [-0.39, 0.29) is 11.9 Å². The van der Waals surface area contributed by atoms with E-state index in [0.29, 0.717) is 5.76 Å². The topological polar surface area (TPSA) is 67.2 Å². The van der Waals surface area contributed by atoms with Crippen LogP contribution in [0.2, 0.25) is 0 Å². The van der Waals surface area contributed by atoms with E-state index < -0.39 is 0 Å². The van der Waals surface area contributed by atoms with Gasteiger partial charge in [-0.2, -0.15) is 0 Å². The van der Waals surface area contributed by atoms with E-state index in [1.807, 2.05) is 24.3 Å². The number of carbonyl (C=O) groups excluding carboxylic acids is 1. The van der Waals surface area contributed by atoms with Crippen molar-refractivity contribution in [2.75, 3.05) is 12.4 Å². The predicted octanol–water partition coefficient (Wildman–Crippen LogP) is 1.89. The molecule has 2 aromatic rings. The van der Waals surface area contributed by atoms with Gasteiger partial charge in [-0.05, 0) is 26.1 Å². The second-order valence-electron chi connectivity index (χ2n) is 3.95. The Morgan fingerprint density at radius 2 is 2.28 bits per heavy atom. The van der Waals surface area contributed by atoms with Crippen LogP contribution in [-0.2, 0) is 4.79 Å². The zero-order valence-corrected chi connectivity index (χ0v) is 10.3. The van der Waals surface area contributed by atoms with Gasteiger partial charge >= 0.3 is 0 Å². The van der Waals surface area contributed by atoms with Gasteiger partial charge in [-0.1, -0.05) is 12.1 Å². The maximum atomic E-state index is 11.7. The van der Waals surface area contributed by atoms with E-state index in [9.17, 15) is 4.79 Å². The zero-order chi connectivity index (χ0) is 13.0. The average Bonchev–Trinajstić information content (AvgIpc) is 2.92. The monoisotopic (exact) mass is 245 g/mol. The minimum absolute atomic E-state index is 0.0766. The summed E-state index contributed by atoms with van der Waals surface area (Å²) in [5, 5.41) is 5.72. The molecule has 0 radical (unpaired) electrons. The molecule has 94 valence electrons. The molecule has 1 aromatic carbocycles. The third-order valence-corrected chi connectivity index (χ3v) is 2.67. The Labute approximate surface area is 105 Å². The van der Waals surface area contributed by atoms with Crippen molar-refractivity contribution in [3.63, 3.8) is 0 Å². The Bertz CT molecular complexity index is 523. The van der Waals surface area contributed by atoms with E-state index >= 15 is 0 Å². The van der Waals surface area contributed by atoms with E-state index in [2.05, 4.69) is 15.6 Å². The summed E-state index contributed by atoms with van der Waals surface area (Å²) in [7, 11) is 1.75. The van der Waals surface area contributed by atoms with Crippen molar-refractivity contribution in [1.82, 2.24) is 10.3 Å². The maximum Gasteiger partial charge on any atom is 0.241 e. The summed E-state index contributed by atoms with van der Waals surface area (Å²) in [4.78, 5) is 15.6. The molecule has 18 heavy (non-hydrogen) atoms. The molecule has 1 unspecified atom stereocenters. The number of rotatable bonds is 4. The number of nitrogens with zero attached hydrogens (tertiary/aromatic N) is 1. The van der Waals surface area contributed by atoms with Crippen molar-refractivity contribution in [3.8, 4) is 11.3 Å². The Morgan fingerprint density at radius 1 is 1.44 bits per heavy atom. The molecule has 1 heterocycles. The third kappa shape index (κ3) is 2.75. The number of aromatic nitrogens is 1. The highest BCUT2D eigenvalue weighted by Gasteiger charge is 2.10. The minimum Gasteiger partial charge on any atom is -0.444 e. The van der Waals surface area contributed by atoms with Gasteiger partial charge in [0.1, 0.15) is 0 Å². The molecule has 0 fully saturated rings. The van der Waals surface area contributed by atoms with Gasteiger partial charge in [0.15, 0.2) is 12.2 Å². The first kappa shape index (κ1) is 12.3. The second-order valence-corrected chi connectivity index (χ2v) is 3.95. The number of hydrogen-bond donors (Lipinski definition) is 2. The molecule has 0 aliphatic carbocycles. The van der Waals surface area contributed by atoms with E-state index in [1.165, 1.54) is 6.39 Å². The maximum absolute atomic E-state index is 11.7. The fourth-order valence-corrected chi connectivity index (χ4v) is 1.49. The molecule has 0 bridgehead atoms. The fourth-order valence-electron chi connectivity index (χ4n) is 1.49. The summed E-state index contributed by atoms with van der Waals surface area (Å²) < 4.78 is 5.21. The predicted molar refractivity (Wildman–Crippen MR) is 69.1 cm³/mol. The lowest BCUT2D eigenvalue weighted by Gasteiger charge is -2.11. The van der Waals surface area contributed by atoms with Crippen LogP contribution in [0.5, 0.6) is 0 Å². The standard InChI is InChI=1S/C13H15N3O2/c1-9(14-2)13(17)16-11-5-3-4-10(6-11)12-7-15-8-18-12/h3-9,14H,1-2H3,(H,16,17). The Morgan fingerprint density at radius 3 is 2.94 bits per heavy atom. The van der Waals surface area contributed by atoms with Crippen molar-refractivity contribution in [2.45, 2.75) is 13.0 Å². The molecule has 0 aliphatic heterocycles. The normalized spacial score (nSPS) is 12.1.